The Morgan fingerprint density at radius 2 is 1.67 bits per heavy atom. The summed E-state index contributed by atoms with van der Waals surface area (Å²) in [4.78, 5) is 70.5. The SMILES string of the molecule is C=CC1C[C@]1(NC(=O)[C@@H]1C[C@@H](OC(=O)Nc2ccccc2-n2nccn2)CN1C(=O)[C@@H](NC(=O)OC(C)(C)C)C(C)(C)C)C(=O)NS(=O)(=O)C1CC1. The van der Waals surface area contributed by atoms with Crippen LogP contribution in [0.3, 0.4) is 0 Å². The molecule has 2 saturated carbocycles. The van der Waals surface area contributed by atoms with Crippen LogP contribution in [0.4, 0.5) is 15.3 Å². The summed E-state index contributed by atoms with van der Waals surface area (Å²) < 4.78 is 38.5. The van der Waals surface area contributed by atoms with Crippen LogP contribution in [0.15, 0.2) is 49.3 Å². The molecule has 17 nitrogen and oxygen atoms in total. The van der Waals surface area contributed by atoms with E-state index in [0.717, 1.165) is 0 Å². The van der Waals surface area contributed by atoms with E-state index in [-0.39, 0.29) is 19.4 Å². The average molecular weight is 743 g/mol. The lowest BCUT2D eigenvalue weighted by molar-refractivity contribution is -0.143. The molecule has 52 heavy (non-hydrogen) atoms. The van der Waals surface area contributed by atoms with Crippen LogP contribution in [0.2, 0.25) is 0 Å². The predicted molar refractivity (Wildman–Crippen MR) is 187 cm³/mol. The molecule has 1 aromatic carbocycles. The van der Waals surface area contributed by atoms with E-state index in [0.29, 0.717) is 24.2 Å². The molecule has 2 heterocycles. The number of para-hydroxylation sites is 2. The Bertz CT molecular complexity index is 1830. The van der Waals surface area contributed by atoms with Crippen LogP contribution in [0.1, 0.15) is 67.2 Å². The summed E-state index contributed by atoms with van der Waals surface area (Å²) in [5.74, 6) is -2.91. The largest absolute Gasteiger partial charge is 0.444 e. The van der Waals surface area contributed by atoms with Crippen LogP contribution >= 0.6 is 0 Å². The number of aromatic nitrogens is 3. The zero-order valence-corrected chi connectivity index (χ0v) is 30.9. The molecule has 0 spiro atoms. The predicted octanol–water partition coefficient (Wildman–Crippen LogP) is 2.39. The number of ether oxygens (including phenoxy) is 2. The first-order valence-electron chi connectivity index (χ1n) is 17.0. The minimum atomic E-state index is -3.93. The van der Waals surface area contributed by atoms with E-state index < -0.39 is 85.8 Å². The zero-order chi connectivity index (χ0) is 38.2. The van der Waals surface area contributed by atoms with Crippen molar-refractivity contribution in [1.29, 1.82) is 0 Å². The van der Waals surface area contributed by atoms with Crippen molar-refractivity contribution in [2.24, 2.45) is 11.3 Å². The molecule has 282 valence electrons. The maximum Gasteiger partial charge on any atom is 0.412 e. The number of nitrogens with zero attached hydrogens (tertiary/aromatic N) is 4. The topological polar surface area (TPSA) is 220 Å². The molecule has 18 heteroatoms. The molecule has 3 fully saturated rings. The van der Waals surface area contributed by atoms with Crippen LogP contribution in [-0.2, 0) is 33.9 Å². The van der Waals surface area contributed by atoms with Gasteiger partial charge in [0.1, 0.15) is 35.0 Å². The molecular formula is C34H46N8O9S. The molecule has 3 aliphatic rings. The van der Waals surface area contributed by atoms with Gasteiger partial charge in [-0.05, 0) is 57.6 Å². The van der Waals surface area contributed by atoms with Crippen LogP contribution in [0, 0.1) is 11.3 Å². The van der Waals surface area contributed by atoms with E-state index >= 15 is 0 Å². The second kappa shape index (κ2) is 14.2. The van der Waals surface area contributed by atoms with Crippen molar-refractivity contribution in [1.82, 2.24) is 35.2 Å². The van der Waals surface area contributed by atoms with Gasteiger partial charge in [-0.1, -0.05) is 39.0 Å². The summed E-state index contributed by atoms with van der Waals surface area (Å²) in [7, 11) is -3.93. The maximum atomic E-state index is 14.3. The summed E-state index contributed by atoms with van der Waals surface area (Å²) in [6.07, 6.45) is 2.44. The smallest absolute Gasteiger partial charge is 0.412 e. The lowest BCUT2D eigenvalue weighted by Crippen LogP contribution is -2.60. The highest BCUT2D eigenvalue weighted by molar-refractivity contribution is 7.91. The number of hydrogen-bond acceptors (Lipinski definition) is 11. The van der Waals surface area contributed by atoms with E-state index in [1.54, 1.807) is 65.8 Å². The van der Waals surface area contributed by atoms with Gasteiger partial charge in [-0.15, -0.1) is 11.4 Å². The van der Waals surface area contributed by atoms with Gasteiger partial charge in [0.15, 0.2) is 0 Å². The summed E-state index contributed by atoms with van der Waals surface area (Å²) in [6, 6.07) is 4.26. The molecule has 2 aromatic rings. The molecule has 1 aromatic heterocycles. The van der Waals surface area contributed by atoms with Crippen molar-refractivity contribution in [3.63, 3.8) is 0 Å². The van der Waals surface area contributed by atoms with Crippen molar-refractivity contribution in [2.45, 2.75) is 102 Å². The Hall–Kier alpha value is -5.00. The van der Waals surface area contributed by atoms with E-state index in [4.69, 9.17) is 9.47 Å². The van der Waals surface area contributed by atoms with Gasteiger partial charge in [0, 0.05) is 12.3 Å². The van der Waals surface area contributed by atoms with Gasteiger partial charge in [0.05, 0.1) is 29.9 Å². The number of nitrogens with one attached hydrogen (secondary N) is 4. The third-order valence-corrected chi connectivity index (χ3v) is 10.7. The van der Waals surface area contributed by atoms with E-state index in [1.165, 1.54) is 28.2 Å². The Labute approximate surface area is 302 Å². The van der Waals surface area contributed by atoms with Gasteiger partial charge in [-0.25, -0.2) is 18.0 Å². The highest BCUT2D eigenvalue weighted by Crippen LogP contribution is 2.45. The Kier molecular flexibility index (Phi) is 10.4. The van der Waals surface area contributed by atoms with Crippen molar-refractivity contribution in [3.8, 4) is 5.69 Å². The molecule has 5 atom stereocenters. The Morgan fingerprint density at radius 3 is 2.25 bits per heavy atom. The summed E-state index contributed by atoms with van der Waals surface area (Å²) >= 11 is 0. The van der Waals surface area contributed by atoms with Crippen molar-refractivity contribution in [2.75, 3.05) is 11.9 Å². The molecular weight excluding hydrogens is 696 g/mol. The number of sulfonamides is 1. The molecule has 2 aliphatic carbocycles. The molecule has 5 rings (SSSR count). The summed E-state index contributed by atoms with van der Waals surface area (Å²) in [5, 5.41) is 15.5. The second-order valence-electron chi connectivity index (χ2n) is 15.4. The lowest BCUT2D eigenvalue weighted by Gasteiger charge is -2.36. The van der Waals surface area contributed by atoms with Crippen LogP contribution < -0.4 is 20.7 Å². The monoisotopic (exact) mass is 742 g/mol. The molecule has 5 amide bonds. The van der Waals surface area contributed by atoms with E-state index in [2.05, 4.69) is 37.4 Å². The third-order valence-electron chi connectivity index (χ3n) is 8.92. The number of carbonyl (C=O) groups excluding carboxylic acids is 5. The maximum absolute atomic E-state index is 14.3. The number of benzene rings is 1. The van der Waals surface area contributed by atoms with Crippen molar-refractivity contribution >= 4 is 45.6 Å². The van der Waals surface area contributed by atoms with Gasteiger partial charge < -0.3 is 25.0 Å². The van der Waals surface area contributed by atoms with Gasteiger partial charge >= 0.3 is 12.2 Å². The highest BCUT2D eigenvalue weighted by Gasteiger charge is 2.62. The van der Waals surface area contributed by atoms with Gasteiger partial charge in [0.2, 0.25) is 21.8 Å². The van der Waals surface area contributed by atoms with Gasteiger partial charge in [-0.3, -0.25) is 24.4 Å². The quantitative estimate of drug-likeness (QED) is 0.245. The fourth-order valence-corrected chi connectivity index (χ4v) is 7.38. The number of hydrogen-bond donors (Lipinski definition) is 4. The minimum absolute atomic E-state index is 0.0899. The third kappa shape index (κ3) is 8.71. The molecule has 1 saturated heterocycles. The van der Waals surface area contributed by atoms with E-state index in [9.17, 15) is 32.4 Å². The van der Waals surface area contributed by atoms with Crippen molar-refractivity contribution in [3.05, 3.63) is 49.3 Å². The van der Waals surface area contributed by atoms with E-state index in [1.807, 2.05) is 0 Å². The van der Waals surface area contributed by atoms with Gasteiger partial charge in [-0.2, -0.15) is 10.2 Å². The number of carbonyl (C=O) groups is 5. The number of likely N-dealkylation sites (tertiary alicyclic amines) is 1. The fraction of sp³-hybridized carbons (Fsp3) is 0.559. The van der Waals surface area contributed by atoms with Gasteiger partial charge in [0.25, 0.3) is 5.91 Å². The standard InChI is InChI=1S/C34H46N8O9S/c1-8-20-18-34(20,29(45)40-52(48,49)22-13-14-22)39-27(43)25-17-21(50-30(46)37-23-11-9-10-12-24(23)42-35-15-16-36-42)19-41(25)28(44)26(32(2,3)4)38-31(47)51-33(5,6)7/h8-12,15-16,20-22,25-26H,1,13-14,17-19H2,2-7H3,(H,37,46)(H,38,47)(H,39,43)(H,40,45)/t20?,21-,25+,26-,34-/m1/s1. The molecule has 0 bridgehead atoms. The van der Waals surface area contributed by atoms with Crippen LogP contribution in [0.25, 0.3) is 5.69 Å². The zero-order valence-electron chi connectivity index (χ0n) is 30.0. The number of amides is 5. The minimum Gasteiger partial charge on any atom is -0.444 e. The first kappa shape index (κ1) is 38.2. The second-order valence-corrected chi connectivity index (χ2v) is 17.3. The summed E-state index contributed by atoms with van der Waals surface area (Å²) in [5.41, 5.74) is -2.57. The van der Waals surface area contributed by atoms with Crippen LogP contribution in [-0.4, -0.2) is 99.3 Å². The Morgan fingerprint density at radius 1 is 1.02 bits per heavy atom. The van der Waals surface area contributed by atoms with Crippen LogP contribution in [0.5, 0.6) is 0 Å². The number of anilines is 1. The Balaban J connectivity index is 1.39. The first-order valence-corrected chi connectivity index (χ1v) is 18.5. The molecule has 4 N–H and O–H groups in total. The fourth-order valence-electron chi connectivity index (χ4n) is 6.02. The molecule has 1 aliphatic heterocycles. The lowest BCUT2D eigenvalue weighted by atomic mass is 9.85. The highest BCUT2D eigenvalue weighted by atomic mass is 32.2. The summed E-state index contributed by atoms with van der Waals surface area (Å²) in [6.45, 7) is 13.7. The molecule has 1 unspecified atom stereocenters. The van der Waals surface area contributed by atoms with Crippen molar-refractivity contribution < 1.29 is 41.9 Å². The normalized spacial score (nSPS) is 23.5. The first-order chi connectivity index (χ1) is 24.2. The number of alkyl carbamates (subject to hydrolysis) is 1. The average Bonchev–Trinajstić information content (AvgIpc) is 3.91. The number of rotatable bonds is 11. The molecule has 0 radical (unpaired) electrons.